The molecule has 4 aromatic heterocycles. The van der Waals surface area contributed by atoms with Gasteiger partial charge in [-0.25, -0.2) is 23.5 Å². The van der Waals surface area contributed by atoms with Gasteiger partial charge in [-0.3, -0.25) is 9.67 Å². The molecule has 1 N–H and O–H groups in total. The number of aromatic nitrogens is 7. The van der Waals surface area contributed by atoms with Crippen molar-refractivity contribution in [2.24, 2.45) is 12.5 Å². The number of carboxylic acids is 1. The number of aromatic carboxylic acids is 1. The summed E-state index contributed by atoms with van der Waals surface area (Å²) in [5.74, 6) is -1.62. The Labute approximate surface area is 273 Å². The summed E-state index contributed by atoms with van der Waals surface area (Å²) in [5.41, 5.74) is 3.39. The minimum Gasteiger partial charge on any atom is -0.478 e. The average Bonchev–Trinajstić information content (AvgIpc) is 3.76. The molecule has 11 nitrogen and oxygen atoms in total. The van der Waals surface area contributed by atoms with Crippen LogP contribution in [0.25, 0.3) is 33.7 Å². The Morgan fingerprint density at radius 2 is 1.90 bits per heavy atom. The van der Waals surface area contributed by atoms with Crippen molar-refractivity contribution in [1.29, 1.82) is 0 Å². The van der Waals surface area contributed by atoms with Crippen LogP contribution in [0, 0.1) is 17.0 Å². The summed E-state index contributed by atoms with van der Waals surface area (Å²) in [6, 6.07) is 15.3. The van der Waals surface area contributed by atoms with E-state index in [1.165, 1.54) is 6.07 Å². The summed E-state index contributed by atoms with van der Waals surface area (Å²) in [6.07, 6.45) is 3.42. The second-order valence-corrected chi connectivity index (χ2v) is 12.5. The average molecular weight is 652 g/mol. The van der Waals surface area contributed by atoms with E-state index in [2.05, 4.69) is 34.1 Å². The molecule has 0 aliphatic carbocycles. The largest absolute Gasteiger partial charge is 0.478 e. The lowest BCUT2D eigenvalue weighted by atomic mass is 9.87. The number of carboxylic acid groups (broad SMARTS) is 1. The number of benzene rings is 2. The molecule has 0 spiro atoms. The fraction of sp³-hybridized carbons (Fsp3) is 0.257. The van der Waals surface area contributed by atoms with Gasteiger partial charge in [-0.2, -0.15) is 0 Å². The number of halogens is 2. The molecule has 244 valence electrons. The second-order valence-electron chi connectivity index (χ2n) is 12.5. The van der Waals surface area contributed by atoms with E-state index in [1.54, 1.807) is 54.5 Å². The van der Waals surface area contributed by atoms with Gasteiger partial charge in [-0.05, 0) is 48.0 Å². The predicted molar refractivity (Wildman–Crippen MR) is 171 cm³/mol. The van der Waals surface area contributed by atoms with Crippen molar-refractivity contribution in [3.63, 3.8) is 0 Å². The van der Waals surface area contributed by atoms with E-state index in [9.17, 15) is 9.90 Å². The van der Waals surface area contributed by atoms with Crippen LogP contribution in [0.4, 0.5) is 8.78 Å². The Bertz CT molecular complexity index is 2160. The molecule has 1 fully saturated rings. The highest BCUT2D eigenvalue weighted by Crippen LogP contribution is 2.40. The van der Waals surface area contributed by atoms with E-state index in [0.29, 0.717) is 41.5 Å². The Morgan fingerprint density at radius 1 is 1.04 bits per heavy atom. The monoisotopic (exact) mass is 651 g/mol. The number of carbonyl (C=O) groups is 1. The molecule has 13 heteroatoms. The van der Waals surface area contributed by atoms with Gasteiger partial charge in [-0.1, -0.05) is 31.2 Å². The molecule has 0 bridgehead atoms. The Hall–Kier alpha value is -5.56. The molecule has 1 aliphatic rings. The fourth-order valence-electron chi connectivity index (χ4n) is 5.95. The van der Waals surface area contributed by atoms with Crippen LogP contribution in [0.3, 0.4) is 0 Å². The fourth-order valence-corrected chi connectivity index (χ4v) is 5.95. The zero-order valence-corrected chi connectivity index (χ0v) is 26.4. The van der Waals surface area contributed by atoms with Crippen molar-refractivity contribution in [2.75, 3.05) is 13.2 Å². The number of ether oxygens (including phenoxy) is 2. The van der Waals surface area contributed by atoms with Crippen LogP contribution in [0.15, 0.2) is 73.1 Å². The van der Waals surface area contributed by atoms with Crippen LogP contribution in [0.1, 0.15) is 47.2 Å². The molecule has 2 aromatic carbocycles. The van der Waals surface area contributed by atoms with Gasteiger partial charge in [0.2, 0.25) is 5.88 Å². The Balaban J connectivity index is 1.13. The van der Waals surface area contributed by atoms with Gasteiger partial charge >= 0.3 is 5.97 Å². The molecule has 0 saturated carbocycles. The Kier molecular flexibility index (Phi) is 7.91. The maximum Gasteiger partial charge on any atom is 0.335 e. The summed E-state index contributed by atoms with van der Waals surface area (Å²) in [6.45, 7) is 5.14. The summed E-state index contributed by atoms with van der Waals surface area (Å²) in [7, 11) is 1.78. The first-order chi connectivity index (χ1) is 23.1. The van der Waals surface area contributed by atoms with Gasteiger partial charge in [0.15, 0.2) is 0 Å². The molecule has 1 unspecified atom stereocenters. The maximum atomic E-state index is 15.7. The Morgan fingerprint density at radius 3 is 2.60 bits per heavy atom. The first-order valence-electron chi connectivity index (χ1n) is 15.3. The highest BCUT2D eigenvalue weighted by atomic mass is 19.1. The van der Waals surface area contributed by atoms with Gasteiger partial charge in [-0.15, -0.1) is 5.10 Å². The standard InChI is InChI=1S/C35H31F2N7O4/c1-35(2)19-47-18-31(35)44-30-12-21(34(45)46)8-10-28(30)39-32(44)13-22-11-25(37)23(14-24(22)36)26-5-4-6-33(40-26)48-17-20-7-9-27(38-15-20)29-16-43(3)42-41-29/h4-12,14-16,31H,13,17-19H2,1-3H3,(H,45,46). The van der Waals surface area contributed by atoms with Gasteiger partial charge in [0, 0.05) is 42.3 Å². The number of hydrogen-bond acceptors (Lipinski definition) is 8. The van der Waals surface area contributed by atoms with E-state index in [0.717, 1.165) is 17.7 Å². The maximum absolute atomic E-state index is 15.7. The van der Waals surface area contributed by atoms with E-state index in [1.807, 2.05) is 16.7 Å². The van der Waals surface area contributed by atoms with E-state index in [-0.39, 0.29) is 52.7 Å². The summed E-state index contributed by atoms with van der Waals surface area (Å²) < 4.78 is 46.6. The van der Waals surface area contributed by atoms with E-state index < -0.39 is 17.6 Å². The number of pyridine rings is 2. The summed E-state index contributed by atoms with van der Waals surface area (Å²) in [4.78, 5) is 25.3. The summed E-state index contributed by atoms with van der Waals surface area (Å²) >= 11 is 0. The van der Waals surface area contributed by atoms with Crippen molar-refractivity contribution in [2.45, 2.75) is 32.9 Å². The molecule has 48 heavy (non-hydrogen) atoms. The number of rotatable bonds is 9. The van der Waals surface area contributed by atoms with Gasteiger partial charge in [0.05, 0.1) is 53.4 Å². The molecule has 7 rings (SSSR count). The first-order valence-corrected chi connectivity index (χ1v) is 15.3. The molecule has 0 radical (unpaired) electrons. The van der Waals surface area contributed by atoms with Crippen LogP contribution < -0.4 is 4.74 Å². The van der Waals surface area contributed by atoms with Gasteiger partial charge in [0.1, 0.15) is 29.8 Å². The van der Waals surface area contributed by atoms with Crippen molar-refractivity contribution in [3.05, 3.63) is 107 Å². The van der Waals surface area contributed by atoms with Gasteiger partial charge < -0.3 is 19.1 Å². The number of hydrogen-bond donors (Lipinski definition) is 1. The lowest BCUT2D eigenvalue weighted by Crippen LogP contribution is -2.27. The van der Waals surface area contributed by atoms with E-state index >= 15 is 8.78 Å². The van der Waals surface area contributed by atoms with Crippen LogP contribution in [0.2, 0.25) is 0 Å². The normalized spacial score (nSPS) is 15.6. The van der Waals surface area contributed by atoms with Crippen molar-refractivity contribution in [1.82, 2.24) is 34.5 Å². The third-order valence-electron chi connectivity index (χ3n) is 8.53. The molecular formula is C35H31F2N7O4. The molecule has 0 amide bonds. The molecule has 1 atom stereocenters. The molecule has 5 heterocycles. The second kappa shape index (κ2) is 12.2. The minimum absolute atomic E-state index is 0.0124. The van der Waals surface area contributed by atoms with Gasteiger partial charge in [0.25, 0.3) is 0 Å². The first kappa shape index (κ1) is 31.1. The molecule has 6 aromatic rings. The zero-order valence-electron chi connectivity index (χ0n) is 26.4. The van der Waals surface area contributed by atoms with Crippen LogP contribution in [0.5, 0.6) is 5.88 Å². The third-order valence-corrected chi connectivity index (χ3v) is 8.53. The topological polar surface area (TPSA) is 130 Å². The smallest absolute Gasteiger partial charge is 0.335 e. The molecular weight excluding hydrogens is 620 g/mol. The summed E-state index contributed by atoms with van der Waals surface area (Å²) in [5, 5.41) is 17.6. The van der Waals surface area contributed by atoms with Crippen molar-refractivity contribution >= 4 is 17.0 Å². The lowest BCUT2D eigenvalue weighted by Gasteiger charge is -2.28. The van der Waals surface area contributed by atoms with Crippen molar-refractivity contribution in [3.8, 4) is 28.5 Å². The highest BCUT2D eigenvalue weighted by molar-refractivity contribution is 5.92. The molecule has 1 aliphatic heterocycles. The number of aryl methyl sites for hydroxylation is 1. The van der Waals surface area contributed by atoms with Crippen molar-refractivity contribution < 1.29 is 28.2 Å². The predicted octanol–water partition coefficient (Wildman–Crippen LogP) is 6.03. The van der Waals surface area contributed by atoms with Crippen LogP contribution in [-0.4, -0.2) is 58.8 Å². The quantitative estimate of drug-likeness (QED) is 0.199. The molecule has 1 saturated heterocycles. The van der Waals surface area contributed by atoms with Crippen LogP contribution >= 0.6 is 0 Å². The number of imidazole rings is 1. The highest BCUT2D eigenvalue weighted by Gasteiger charge is 2.39. The van der Waals surface area contributed by atoms with Crippen LogP contribution in [-0.2, 0) is 24.8 Å². The number of fused-ring (bicyclic) bond motifs is 1. The SMILES string of the molecule is Cn1cc(-c2ccc(COc3cccc(-c4cc(F)c(Cc5nc6ccc(C(=O)O)cc6n5C5COCC5(C)C)cc4F)n3)cn2)nn1. The number of nitrogens with zero attached hydrogens (tertiary/aromatic N) is 7. The zero-order chi connectivity index (χ0) is 33.6. The minimum atomic E-state index is -1.06. The lowest BCUT2D eigenvalue weighted by molar-refractivity contribution is 0.0697. The third kappa shape index (κ3) is 5.99. The van der Waals surface area contributed by atoms with E-state index in [4.69, 9.17) is 14.5 Å².